The first-order valence-electron chi connectivity index (χ1n) is 6.99. The summed E-state index contributed by atoms with van der Waals surface area (Å²) in [4.78, 5) is 0. The molecule has 0 bridgehead atoms. The van der Waals surface area contributed by atoms with Gasteiger partial charge in [0, 0.05) is 12.1 Å². The van der Waals surface area contributed by atoms with Crippen LogP contribution in [0.4, 0.5) is 13.2 Å². The van der Waals surface area contributed by atoms with Gasteiger partial charge in [0.05, 0.1) is 11.7 Å². The molecule has 0 saturated heterocycles. The van der Waals surface area contributed by atoms with E-state index in [0.29, 0.717) is 0 Å². The van der Waals surface area contributed by atoms with Crippen LogP contribution in [0.15, 0.2) is 24.3 Å². The molecule has 3 unspecified atom stereocenters. The molecule has 1 aliphatic carbocycles. The third kappa shape index (κ3) is 3.73. The number of aliphatic hydroxyl groups excluding tert-OH is 1. The summed E-state index contributed by atoms with van der Waals surface area (Å²) in [6, 6.07) is 5.15. The highest BCUT2D eigenvalue weighted by Crippen LogP contribution is 2.30. The van der Waals surface area contributed by atoms with Crippen LogP contribution in [-0.2, 0) is 6.18 Å². The standard InChI is InChI=1S/C15H20F3NO/c1-10(19-13-4-2-3-5-14(13)20)11-6-8-12(9-7-11)15(16,17)18/h6-10,13-14,19-20H,2-5H2,1H3. The zero-order valence-electron chi connectivity index (χ0n) is 11.5. The van der Waals surface area contributed by atoms with Gasteiger partial charge in [-0.2, -0.15) is 13.2 Å². The Hall–Kier alpha value is -1.07. The van der Waals surface area contributed by atoms with E-state index in [-0.39, 0.29) is 18.2 Å². The summed E-state index contributed by atoms with van der Waals surface area (Å²) in [6.45, 7) is 1.91. The van der Waals surface area contributed by atoms with E-state index in [0.717, 1.165) is 43.4 Å². The van der Waals surface area contributed by atoms with Crippen molar-refractivity contribution in [2.24, 2.45) is 0 Å². The summed E-state index contributed by atoms with van der Waals surface area (Å²) in [5.74, 6) is 0. The average Bonchev–Trinajstić information content (AvgIpc) is 2.40. The summed E-state index contributed by atoms with van der Waals surface area (Å²) in [5.41, 5.74) is 0.168. The van der Waals surface area contributed by atoms with Gasteiger partial charge < -0.3 is 10.4 Å². The van der Waals surface area contributed by atoms with Crippen LogP contribution in [-0.4, -0.2) is 17.3 Å². The van der Waals surface area contributed by atoms with Crippen molar-refractivity contribution in [2.45, 2.75) is 57.0 Å². The Bertz CT molecular complexity index is 430. The molecular formula is C15H20F3NO. The maximum absolute atomic E-state index is 12.5. The highest BCUT2D eigenvalue weighted by molar-refractivity contribution is 5.26. The maximum Gasteiger partial charge on any atom is 0.416 e. The topological polar surface area (TPSA) is 32.3 Å². The molecule has 0 spiro atoms. The highest BCUT2D eigenvalue weighted by atomic mass is 19.4. The molecule has 0 radical (unpaired) electrons. The Balaban J connectivity index is 2.00. The van der Waals surface area contributed by atoms with Crippen molar-refractivity contribution in [1.82, 2.24) is 5.32 Å². The van der Waals surface area contributed by atoms with Crippen molar-refractivity contribution < 1.29 is 18.3 Å². The minimum atomic E-state index is -4.30. The molecular weight excluding hydrogens is 267 g/mol. The van der Waals surface area contributed by atoms with Crippen molar-refractivity contribution in [3.63, 3.8) is 0 Å². The fraction of sp³-hybridized carbons (Fsp3) is 0.600. The molecule has 2 nitrogen and oxygen atoms in total. The van der Waals surface area contributed by atoms with Gasteiger partial charge in [0.2, 0.25) is 0 Å². The van der Waals surface area contributed by atoms with Crippen molar-refractivity contribution >= 4 is 0 Å². The summed E-state index contributed by atoms with van der Waals surface area (Å²) >= 11 is 0. The number of hydrogen-bond acceptors (Lipinski definition) is 2. The lowest BCUT2D eigenvalue weighted by Crippen LogP contribution is -2.43. The second-order valence-electron chi connectivity index (χ2n) is 5.47. The number of nitrogens with one attached hydrogen (secondary N) is 1. The Morgan fingerprint density at radius 1 is 1.15 bits per heavy atom. The minimum Gasteiger partial charge on any atom is -0.392 e. The molecule has 1 saturated carbocycles. The highest BCUT2D eigenvalue weighted by Gasteiger charge is 2.30. The zero-order chi connectivity index (χ0) is 14.8. The summed E-state index contributed by atoms with van der Waals surface area (Å²) in [7, 11) is 0. The van der Waals surface area contributed by atoms with Gasteiger partial charge in [0.1, 0.15) is 0 Å². The van der Waals surface area contributed by atoms with Crippen LogP contribution in [0, 0.1) is 0 Å². The fourth-order valence-corrected chi connectivity index (χ4v) is 2.68. The van der Waals surface area contributed by atoms with Crippen molar-refractivity contribution in [1.29, 1.82) is 0 Å². The van der Waals surface area contributed by atoms with E-state index in [9.17, 15) is 18.3 Å². The van der Waals surface area contributed by atoms with Crippen molar-refractivity contribution in [3.8, 4) is 0 Å². The molecule has 5 heteroatoms. The van der Waals surface area contributed by atoms with E-state index in [1.165, 1.54) is 12.1 Å². The first kappa shape index (κ1) is 15.3. The molecule has 3 atom stereocenters. The zero-order valence-corrected chi connectivity index (χ0v) is 11.5. The number of halogens is 3. The molecule has 0 heterocycles. The monoisotopic (exact) mass is 287 g/mol. The lowest BCUT2D eigenvalue weighted by Gasteiger charge is -2.31. The second-order valence-corrected chi connectivity index (χ2v) is 5.47. The summed E-state index contributed by atoms with van der Waals surface area (Å²) in [6.07, 6.45) is -0.846. The van der Waals surface area contributed by atoms with Crippen molar-refractivity contribution in [2.75, 3.05) is 0 Å². The summed E-state index contributed by atoms with van der Waals surface area (Å²) in [5, 5.41) is 13.2. The Morgan fingerprint density at radius 2 is 1.75 bits per heavy atom. The lowest BCUT2D eigenvalue weighted by atomic mass is 9.91. The van der Waals surface area contributed by atoms with Crippen LogP contribution < -0.4 is 5.32 Å². The predicted octanol–water partition coefficient (Wildman–Crippen LogP) is 3.66. The fourth-order valence-electron chi connectivity index (χ4n) is 2.68. The molecule has 2 N–H and O–H groups in total. The van der Waals surface area contributed by atoms with Crippen LogP contribution in [0.5, 0.6) is 0 Å². The third-order valence-corrected chi connectivity index (χ3v) is 3.93. The molecule has 0 aliphatic heterocycles. The number of benzene rings is 1. The molecule has 1 aromatic rings. The Morgan fingerprint density at radius 3 is 2.30 bits per heavy atom. The molecule has 112 valence electrons. The van der Waals surface area contributed by atoms with Crippen LogP contribution >= 0.6 is 0 Å². The van der Waals surface area contributed by atoms with E-state index in [4.69, 9.17) is 0 Å². The van der Waals surface area contributed by atoms with Gasteiger partial charge in [0.15, 0.2) is 0 Å². The van der Waals surface area contributed by atoms with Crippen LogP contribution in [0.1, 0.15) is 49.8 Å². The largest absolute Gasteiger partial charge is 0.416 e. The minimum absolute atomic E-state index is 0.0287. The van der Waals surface area contributed by atoms with Gasteiger partial charge in [-0.15, -0.1) is 0 Å². The van der Waals surface area contributed by atoms with E-state index in [1.54, 1.807) is 0 Å². The van der Waals surface area contributed by atoms with Gasteiger partial charge in [0.25, 0.3) is 0 Å². The van der Waals surface area contributed by atoms with Gasteiger partial charge in [-0.3, -0.25) is 0 Å². The SMILES string of the molecule is CC(NC1CCCCC1O)c1ccc(C(F)(F)F)cc1. The molecule has 1 aromatic carbocycles. The number of hydrogen-bond donors (Lipinski definition) is 2. The van der Waals surface area contributed by atoms with Crippen LogP contribution in [0.3, 0.4) is 0 Å². The number of aliphatic hydroxyl groups is 1. The molecule has 0 aromatic heterocycles. The smallest absolute Gasteiger partial charge is 0.392 e. The first-order chi connectivity index (χ1) is 9.38. The lowest BCUT2D eigenvalue weighted by molar-refractivity contribution is -0.137. The molecule has 0 amide bonds. The third-order valence-electron chi connectivity index (χ3n) is 3.93. The summed E-state index contributed by atoms with van der Waals surface area (Å²) < 4.78 is 37.5. The van der Waals surface area contributed by atoms with E-state index in [2.05, 4.69) is 5.32 Å². The van der Waals surface area contributed by atoms with E-state index < -0.39 is 11.7 Å². The van der Waals surface area contributed by atoms with Gasteiger partial charge >= 0.3 is 6.18 Å². The Labute approximate surface area is 117 Å². The van der Waals surface area contributed by atoms with Crippen LogP contribution in [0.25, 0.3) is 0 Å². The normalized spacial score (nSPS) is 25.4. The van der Waals surface area contributed by atoms with Crippen LogP contribution in [0.2, 0.25) is 0 Å². The number of alkyl halides is 3. The van der Waals surface area contributed by atoms with E-state index in [1.807, 2.05) is 6.92 Å². The predicted molar refractivity (Wildman–Crippen MR) is 71.3 cm³/mol. The Kier molecular flexibility index (Phi) is 4.70. The van der Waals surface area contributed by atoms with Gasteiger partial charge in [-0.1, -0.05) is 25.0 Å². The quantitative estimate of drug-likeness (QED) is 0.889. The molecule has 1 fully saturated rings. The number of rotatable bonds is 3. The molecule has 2 rings (SSSR count). The van der Waals surface area contributed by atoms with Gasteiger partial charge in [-0.25, -0.2) is 0 Å². The first-order valence-corrected chi connectivity index (χ1v) is 6.99. The maximum atomic E-state index is 12.5. The average molecular weight is 287 g/mol. The molecule has 1 aliphatic rings. The van der Waals surface area contributed by atoms with E-state index >= 15 is 0 Å². The second kappa shape index (κ2) is 6.14. The van der Waals surface area contributed by atoms with Gasteiger partial charge in [-0.05, 0) is 37.5 Å². The van der Waals surface area contributed by atoms with Crippen molar-refractivity contribution in [3.05, 3.63) is 35.4 Å². The molecule has 20 heavy (non-hydrogen) atoms.